The minimum atomic E-state index is -4.39. The highest BCUT2D eigenvalue weighted by Crippen LogP contribution is 2.37. The Morgan fingerprint density at radius 2 is 1.86 bits per heavy atom. The molecule has 0 radical (unpaired) electrons. The van der Waals surface area contributed by atoms with Crippen LogP contribution in [0.3, 0.4) is 0 Å². The maximum Gasteiger partial charge on any atom is 0.417 e. The van der Waals surface area contributed by atoms with Crippen molar-refractivity contribution in [2.75, 3.05) is 6.54 Å². The number of furan rings is 1. The van der Waals surface area contributed by atoms with E-state index in [9.17, 15) is 13.2 Å². The van der Waals surface area contributed by atoms with Crippen molar-refractivity contribution in [1.82, 2.24) is 5.32 Å². The molecule has 21 heavy (non-hydrogen) atoms. The summed E-state index contributed by atoms with van der Waals surface area (Å²) in [5, 5.41) is 3.24. The van der Waals surface area contributed by atoms with Gasteiger partial charge in [0.2, 0.25) is 0 Å². The third-order valence-electron chi connectivity index (χ3n) is 3.22. The summed E-state index contributed by atoms with van der Waals surface area (Å²) in [6, 6.07) is 9.00. The lowest BCUT2D eigenvalue weighted by atomic mass is 10.1. The SMILES string of the molecule is CCNC(C)Cc1ccc(-c2ccccc2C(F)(F)F)o1. The van der Waals surface area contributed by atoms with Gasteiger partial charge in [-0.3, -0.25) is 0 Å². The van der Waals surface area contributed by atoms with Gasteiger partial charge in [-0.25, -0.2) is 0 Å². The second kappa shape index (κ2) is 6.35. The van der Waals surface area contributed by atoms with Gasteiger partial charge in [0.25, 0.3) is 0 Å². The van der Waals surface area contributed by atoms with Crippen LogP contribution in [0.1, 0.15) is 25.2 Å². The molecule has 2 nitrogen and oxygen atoms in total. The monoisotopic (exact) mass is 297 g/mol. The summed E-state index contributed by atoms with van der Waals surface area (Å²) >= 11 is 0. The summed E-state index contributed by atoms with van der Waals surface area (Å²) in [4.78, 5) is 0. The zero-order valence-electron chi connectivity index (χ0n) is 12.0. The lowest BCUT2D eigenvalue weighted by Crippen LogP contribution is -2.27. The third-order valence-corrected chi connectivity index (χ3v) is 3.22. The predicted octanol–water partition coefficient (Wildman–Crippen LogP) is 4.51. The molecule has 1 heterocycles. The first kappa shape index (κ1) is 15.6. The number of hydrogen-bond acceptors (Lipinski definition) is 2. The van der Waals surface area contributed by atoms with E-state index in [4.69, 9.17) is 4.42 Å². The topological polar surface area (TPSA) is 25.2 Å². The Labute approximate surface area is 122 Å². The molecule has 1 unspecified atom stereocenters. The standard InChI is InChI=1S/C16H18F3NO/c1-3-20-11(2)10-12-8-9-15(21-12)13-6-4-5-7-14(13)16(17,18)19/h4-9,11,20H,3,10H2,1-2H3. The molecule has 1 aromatic heterocycles. The van der Waals surface area contributed by atoms with Gasteiger partial charge >= 0.3 is 6.18 Å². The van der Waals surface area contributed by atoms with Gasteiger partial charge in [0.15, 0.2) is 0 Å². The number of hydrogen-bond donors (Lipinski definition) is 1. The van der Waals surface area contributed by atoms with Crippen molar-refractivity contribution in [3.63, 3.8) is 0 Å². The quantitative estimate of drug-likeness (QED) is 0.878. The van der Waals surface area contributed by atoms with Crippen LogP contribution in [0.4, 0.5) is 13.2 Å². The van der Waals surface area contributed by atoms with Crippen LogP contribution in [0.15, 0.2) is 40.8 Å². The molecule has 114 valence electrons. The lowest BCUT2D eigenvalue weighted by molar-refractivity contribution is -0.137. The molecule has 2 aromatic rings. The van der Waals surface area contributed by atoms with Crippen LogP contribution < -0.4 is 5.32 Å². The van der Waals surface area contributed by atoms with E-state index in [1.807, 2.05) is 13.8 Å². The fourth-order valence-corrected chi connectivity index (χ4v) is 2.30. The summed E-state index contributed by atoms with van der Waals surface area (Å²) in [5.41, 5.74) is -0.599. The van der Waals surface area contributed by atoms with Gasteiger partial charge in [0.1, 0.15) is 11.5 Å². The first-order valence-electron chi connectivity index (χ1n) is 6.90. The van der Waals surface area contributed by atoms with Crippen molar-refractivity contribution in [3.05, 3.63) is 47.7 Å². The van der Waals surface area contributed by atoms with Crippen molar-refractivity contribution < 1.29 is 17.6 Å². The molecule has 0 aliphatic heterocycles. The third kappa shape index (κ3) is 3.88. The molecule has 0 amide bonds. The maximum absolute atomic E-state index is 13.0. The predicted molar refractivity (Wildman–Crippen MR) is 76.0 cm³/mol. The second-order valence-corrected chi connectivity index (χ2v) is 4.97. The fraction of sp³-hybridized carbons (Fsp3) is 0.375. The van der Waals surface area contributed by atoms with E-state index >= 15 is 0 Å². The molecule has 2 rings (SSSR count). The average Bonchev–Trinajstić information content (AvgIpc) is 2.86. The van der Waals surface area contributed by atoms with Crippen molar-refractivity contribution in [1.29, 1.82) is 0 Å². The molecule has 5 heteroatoms. The Morgan fingerprint density at radius 3 is 2.52 bits per heavy atom. The van der Waals surface area contributed by atoms with Crippen LogP contribution in [0.25, 0.3) is 11.3 Å². The first-order valence-corrected chi connectivity index (χ1v) is 6.90. The number of rotatable bonds is 5. The van der Waals surface area contributed by atoms with Crippen LogP contribution in [-0.2, 0) is 12.6 Å². The molecular weight excluding hydrogens is 279 g/mol. The van der Waals surface area contributed by atoms with E-state index in [0.29, 0.717) is 12.2 Å². The van der Waals surface area contributed by atoms with Crippen LogP contribution in [0.5, 0.6) is 0 Å². The van der Waals surface area contributed by atoms with Crippen LogP contribution >= 0.6 is 0 Å². The molecule has 1 atom stereocenters. The van der Waals surface area contributed by atoms with E-state index in [-0.39, 0.29) is 17.4 Å². The van der Waals surface area contributed by atoms with E-state index in [1.165, 1.54) is 12.1 Å². The highest BCUT2D eigenvalue weighted by Gasteiger charge is 2.34. The molecule has 0 bridgehead atoms. The van der Waals surface area contributed by atoms with Crippen LogP contribution in [-0.4, -0.2) is 12.6 Å². The molecule has 0 saturated carbocycles. The van der Waals surface area contributed by atoms with Crippen LogP contribution in [0, 0.1) is 0 Å². The number of halogens is 3. The fourth-order valence-electron chi connectivity index (χ4n) is 2.30. The Bertz CT molecular complexity index is 589. The van der Waals surface area contributed by atoms with Gasteiger partial charge < -0.3 is 9.73 Å². The van der Waals surface area contributed by atoms with E-state index in [0.717, 1.165) is 12.6 Å². The maximum atomic E-state index is 13.0. The molecule has 0 aliphatic rings. The summed E-state index contributed by atoms with van der Waals surface area (Å²) in [5.74, 6) is 0.928. The highest BCUT2D eigenvalue weighted by molar-refractivity contribution is 5.63. The molecule has 0 spiro atoms. The van der Waals surface area contributed by atoms with Gasteiger partial charge in [-0.2, -0.15) is 13.2 Å². The number of likely N-dealkylation sites (N-methyl/N-ethyl adjacent to an activating group) is 1. The van der Waals surface area contributed by atoms with E-state index in [1.54, 1.807) is 18.2 Å². The zero-order valence-corrected chi connectivity index (χ0v) is 12.0. The number of benzene rings is 1. The Kier molecular flexibility index (Phi) is 4.73. The van der Waals surface area contributed by atoms with Crippen molar-refractivity contribution >= 4 is 0 Å². The molecule has 0 aliphatic carbocycles. The molecule has 0 saturated heterocycles. The summed E-state index contributed by atoms with van der Waals surface area (Å²) in [7, 11) is 0. The van der Waals surface area contributed by atoms with Gasteiger partial charge in [-0.05, 0) is 31.7 Å². The lowest BCUT2D eigenvalue weighted by Gasteiger charge is -2.11. The molecule has 0 fully saturated rings. The summed E-state index contributed by atoms with van der Waals surface area (Å²) < 4.78 is 44.6. The number of nitrogens with one attached hydrogen (secondary N) is 1. The van der Waals surface area contributed by atoms with Gasteiger partial charge in [0, 0.05) is 18.0 Å². The Hall–Kier alpha value is -1.75. The van der Waals surface area contributed by atoms with E-state index in [2.05, 4.69) is 5.32 Å². The van der Waals surface area contributed by atoms with Gasteiger partial charge in [0.05, 0.1) is 5.56 Å². The minimum absolute atomic E-state index is 0.0763. The summed E-state index contributed by atoms with van der Waals surface area (Å²) in [6.07, 6.45) is -3.75. The first-order chi connectivity index (χ1) is 9.91. The average molecular weight is 297 g/mol. The zero-order chi connectivity index (χ0) is 15.5. The van der Waals surface area contributed by atoms with Crippen molar-refractivity contribution in [3.8, 4) is 11.3 Å². The van der Waals surface area contributed by atoms with Crippen molar-refractivity contribution in [2.24, 2.45) is 0 Å². The molecule has 1 aromatic carbocycles. The Balaban J connectivity index is 2.26. The van der Waals surface area contributed by atoms with E-state index < -0.39 is 11.7 Å². The normalized spacial score (nSPS) is 13.4. The van der Waals surface area contributed by atoms with Crippen LogP contribution in [0.2, 0.25) is 0 Å². The van der Waals surface area contributed by atoms with Gasteiger partial charge in [-0.1, -0.05) is 25.1 Å². The highest BCUT2D eigenvalue weighted by atomic mass is 19.4. The Morgan fingerprint density at radius 1 is 1.14 bits per heavy atom. The largest absolute Gasteiger partial charge is 0.461 e. The molecule has 1 N–H and O–H groups in total. The second-order valence-electron chi connectivity index (χ2n) is 4.97. The molecular formula is C16H18F3NO. The summed E-state index contributed by atoms with van der Waals surface area (Å²) in [6.45, 7) is 4.85. The smallest absolute Gasteiger partial charge is 0.417 e. The van der Waals surface area contributed by atoms with Gasteiger partial charge in [-0.15, -0.1) is 0 Å². The number of alkyl halides is 3. The minimum Gasteiger partial charge on any atom is -0.461 e. The van der Waals surface area contributed by atoms with Crippen molar-refractivity contribution in [2.45, 2.75) is 32.5 Å².